The van der Waals surface area contributed by atoms with Gasteiger partial charge in [0.15, 0.2) is 0 Å². The molecule has 0 bridgehead atoms. The lowest BCUT2D eigenvalue weighted by Gasteiger charge is -2.26. The summed E-state index contributed by atoms with van der Waals surface area (Å²) in [7, 11) is 0. The first kappa shape index (κ1) is 16.4. The Bertz CT molecular complexity index is 726. The lowest BCUT2D eigenvalue weighted by atomic mass is 10.1. The van der Waals surface area contributed by atoms with Crippen LogP contribution in [0.25, 0.3) is 10.8 Å². The molecular formula is C18H21N3O3. The number of rotatable bonds is 4. The van der Waals surface area contributed by atoms with Crippen LogP contribution in [0, 0.1) is 0 Å². The Morgan fingerprint density at radius 1 is 1.00 bits per heavy atom. The number of ether oxygens (including phenoxy) is 1. The van der Waals surface area contributed by atoms with Crippen LogP contribution in [-0.2, 0) is 14.3 Å². The summed E-state index contributed by atoms with van der Waals surface area (Å²) in [6.45, 7) is 4.33. The quantitative estimate of drug-likeness (QED) is 0.829. The third-order valence-electron chi connectivity index (χ3n) is 4.03. The van der Waals surface area contributed by atoms with Crippen LogP contribution in [0.1, 0.15) is 0 Å². The Kier molecular flexibility index (Phi) is 5.40. The molecule has 6 heteroatoms. The zero-order valence-corrected chi connectivity index (χ0v) is 13.5. The van der Waals surface area contributed by atoms with Crippen molar-refractivity contribution in [3.63, 3.8) is 0 Å². The Balaban J connectivity index is 1.48. The molecule has 6 nitrogen and oxygen atoms in total. The molecule has 3 rings (SSSR count). The van der Waals surface area contributed by atoms with Crippen LogP contribution >= 0.6 is 0 Å². The SMILES string of the molecule is O=C(NCCN1CCOCC1)C(=O)Nc1ccc2ccccc2c1. The molecule has 24 heavy (non-hydrogen) atoms. The number of amides is 2. The first-order valence-corrected chi connectivity index (χ1v) is 8.10. The molecule has 2 aromatic carbocycles. The van der Waals surface area contributed by atoms with Gasteiger partial charge in [0.2, 0.25) is 0 Å². The van der Waals surface area contributed by atoms with Gasteiger partial charge in [0, 0.05) is 31.9 Å². The van der Waals surface area contributed by atoms with Crippen LogP contribution in [-0.4, -0.2) is 56.1 Å². The van der Waals surface area contributed by atoms with Crippen molar-refractivity contribution in [2.45, 2.75) is 0 Å². The highest BCUT2D eigenvalue weighted by atomic mass is 16.5. The highest BCUT2D eigenvalue weighted by Crippen LogP contribution is 2.18. The van der Waals surface area contributed by atoms with Gasteiger partial charge in [-0.3, -0.25) is 14.5 Å². The summed E-state index contributed by atoms with van der Waals surface area (Å²) >= 11 is 0. The summed E-state index contributed by atoms with van der Waals surface area (Å²) in [4.78, 5) is 26.1. The molecule has 0 saturated carbocycles. The van der Waals surface area contributed by atoms with E-state index in [1.807, 2.05) is 36.4 Å². The average molecular weight is 327 g/mol. The Morgan fingerprint density at radius 3 is 2.54 bits per heavy atom. The standard InChI is InChI=1S/C18H21N3O3/c22-17(19-7-8-21-9-11-24-12-10-21)18(23)20-16-6-5-14-3-1-2-4-15(14)13-16/h1-6,13H,7-12H2,(H,19,22)(H,20,23). The highest BCUT2D eigenvalue weighted by Gasteiger charge is 2.15. The molecule has 2 amide bonds. The number of hydrogen-bond acceptors (Lipinski definition) is 4. The minimum absolute atomic E-state index is 0.448. The van der Waals surface area contributed by atoms with E-state index in [0.29, 0.717) is 12.2 Å². The fourth-order valence-corrected chi connectivity index (χ4v) is 2.69. The maximum atomic E-state index is 12.0. The number of fused-ring (bicyclic) bond motifs is 1. The third-order valence-corrected chi connectivity index (χ3v) is 4.03. The Labute approximate surface area is 140 Å². The van der Waals surface area contributed by atoms with Crippen LogP contribution in [0.4, 0.5) is 5.69 Å². The van der Waals surface area contributed by atoms with Gasteiger partial charge in [0.1, 0.15) is 0 Å². The number of carbonyl (C=O) groups excluding carboxylic acids is 2. The first-order chi connectivity index (χ1) is 11.7. The van der Waals surface area contributed by atoms with Gasteiger partial charge in [-0.25, -0.2) is 0 Å². The normalized spacial score (nSPS) is 15.2. The molecule has 1 fully saturated rings. The van der Waals surface area contributed by atoms with Crippen molar-refractivity contribution < 1.29 is 14.3 Å². The fourth-order valence-electron chi connectivity index (χ4n) is 2.69. The van der Waals surface area contributed by atoms with E-state index in [0.717, 1.165) is 43.6 Å². The minimum Gasteiger partial charge on any atom is -0.379 e. The predicted molar refractivity (Wildman–Crippen MR) is 92.8 cm³/mol. The van der Waals surface area contributed by atoms with Crippen molar-refractivity contribution in [3.05, 3.63) is 42.5 Å². The topological polar surface area (TPSA) is 70.7 Å². The first-order valence-electron chi connectivity index (χ1n) is 8.10. The van der Waals surface area contributed by atoms with Gasteiger partial charge in [0.05, 0.1) is 13.2 Å². The number of morpholine rings is 1. The highest BCUT2D eigenvalue weighted by molar-refractivity contribution is 6.39. The summed E-state index contributed by atoms with van der Waals surface area (Å²) in [6.07, 6.45) is 0. The predicted octanol–water partition coefficient (Wildman–Crippen LogP) is 1.23. The molecule has 0 unspecified atom stereocenters. The monoisotopic (exact) mass is 327 g/mol. The van der Waals surface area contributed by atoms with Crippen LogP contribution in [0.2, 0.25) is 0 Å². The van der Waals surface area contributed by atoms with E-state index in [9.17, 15) is 9.59 Å². The van der Waals surface area contributed by atoms with E-state index in [-0.39, 0.29) is 0 Å². The van der Waals surface area contributed by atoms with E-state index >= 15 is 0 Å². The van der Waals surface area contributed by atoms with E-state index < -0.39 is 11.8 Å². The fraction of sp³-hybridized carbons (Fsp3) is 0.333. The number of nitrogens with one attached hydrogen (secondary N) is 2. The van der Waals surface area contributed by atoms with Gasteiger partial charge >= 0.3 is 11.8 Å². The smallest absolute Gasteiger partial charge is 0.313 e. The van der Waals surface area contributed by atoms with Crippen LogP contribution < -0.4 is 10.6 Å². The zero-order chi connectivity index (χ0) is 16.8. The van der Waals surface area contributed by atoms with Crippen molar-refractivity contribution in [2.24, 2.45) is 0 Å². The van der Waals surface area contributed by atoms with Gasteiger partial charge < -0.3 is 15.4 Å². The Morgan fingerprint density at radius 2 is 1.75 bits per heavy atom. The summed E-state index contributed by atoms with van der Waals surface area (Å²) in [6, 6.07) is 13.4. The van der Waals surface area contributed by atoms with Gasteiger partial charge in [-0.15, -0.1) is 0 Å². The minimum atomic E-state index is -0.646. The van der Waals surface area contributed by atoms with E-state index in [1.165, 1.54) is 0 Å². The van der Waals surface area contributed by atoms with Gasteiger partial charge in [-0.1, -0.05) is 30.3 Å². The van der Waals surface area contributed by atoms with E-state index in [4.69, 9.17) is 4.74 Å². The maximum Gasteiger partial charge on any atom is 0.313 e. The number of hydrogen-bond donors (Lipinski definition) is 2. The summed E-state index contributed by atoms with van der Waals surface area (Å²) in [5.74, 6) is -1.26. The van der Waals surface area contributed by atoms with Gasteiger partial charge in [-0.05, 0) is 22.9 Å². The molecule has 1 heterocycles. The lowest BCUT2D eigenvalue weighted by molar-refractivity contribution is -0.136. The second kappa shape index (κ2) is 7.90. The number of anilines is 1. The molecule has 126 valence electrons. The van der Waals surface area contributed by atoms with Crippen molar-refractivity contribution in [1.82, 2.24) is 10.2 Å². The van der Waals surface area contributed by atoms with Crippen molar-refractivity contribution in [3.8, 4) is 0 Å². The Hall–Kier alpha value is -2.44. The van der Waals surface area contributed by atoms with Crippen molar-refractivity contribution in [2.75, 3.05) is 44.7 Å². The lowest BCUT2D eigenvalue weighted by Crippen LogP contribution is -2.43. The molecule has 0 radical (unpaired) electrons. The molecule has 0 spiro atoms. The summed E-state index contributed by atoms with van der Waals surface area (Å²) in [5.41, 5.74) is 0.613. The van der Waals surface area contributed by atoms with Crippen LogP contribution in [0.3, 0.4) is 0 Å². The molecule has 0 aromatic heterocycles. The molecule has 0 atom stereocenters. The summed E-state index contributed by atoms with van der Waals surface area (Å²) in [5, 5.41) is 7.40. The molecular weight excluding hydrogens is 306 g/mol. The van der Waals surface area contributed by atoms with Crippen LogP contribution in [0.15, 0.2) is 42.5 Å². The van der Waals surface area contributed by atoms with E-state index in [2.05, 4.69) is 15.5 Å². The number of nitrogens with zero attached hydrogens (tertiary/aromatic N) is 1. The molecule has 1 saturated heterocycles. The second-order valence-electron chi connectivity index (χ2n) is 5.73. The molecule has 2 aromatic rings. The van der Waals surface area contributed by atoms with Crippen molar-refractivity contribution in [1.29, 1.82) is 0 Å². The van der Waals surface area contributed by atoms with Crippen LogP contribution in [0.5, 0.6) is 0 Å². The van der Waals surface area contributed by atoms with Gasteiger partial charge in [-0.2, -0.15) is 0 Å². The largest absolute Gasteiger partial charge is 0.379 e. The van der Waals surface area contributed by atoms with Gasteiger partial charge in [0.25, 0.3) is 0 Å². The number of benzene rings is 2. The maximum absolute atomic E-state index is 12.0. The molecule has 1 aliphatic rings. The molecule has 2 N–H and O–H groups in total. The molecule has 1 aliphatic heterocycles. The van der Waals surface area contributed by atoms with Crippen molar-refractivity contribution >= 4 is 28.3 Å². The molecule has 0 aliphatic carbocycles. The second-order valence-corrected chi connectivity index (χ2v) is 5.73. The number of carbonyl (C=O) groups is 2. The third kappa shape index (κ3) is 4.31. The summed E-state index contributed by atoms with van der Waals surface area (Å²) < 4.78 is 5.27. The average Bonchev–Trinajstić information content (AvgIpc) is 2.62. The van der Waals surface area contributed by atoms with E-state index in [1.54, 1.807) is 6.07 Å². The zero-order valence-electron chi connectivity index (χ0n) is 13.5.